The van der Waals surface area contributed by atoms with E-state index in [1.54, 1.807) is 38.1 Å². The van der Waals surface area contributed by atoms with Crippen LogP contribution >= 0.6 is 23.4 Å². The Balaban J connectivity index is 2.12. The van der Waals surface area contributed by atoms with Gasteiger partial charge in [-0.25, -0.2) is 0 Å². The molecule has 1 aliphatic rings. The lowest BCUT2D eigenvalue weighted by molar-refractivity contribution is -0.310. The molecule has 1 aliphatic heterocycles. The quantitative estimate of drug-likeness (QED) is 0.829. The van der Waals surface area contributed by atoms with Gasteiger partial charge in [0.15, 0.2) is 5.60 Å². The molecule has 114 valence electrons. The van der Waals surface area contributed by atoms with Gasteiger partial charge in [0.25, 0.3) is 5.91 Å². The Morgan fingerprint density at radius 3 is 2.57 bits per heavy atom. The molecular formula is C14H15ClNO4S-. The Morgan fingerprint density at radius 2 is 2.00 bits per heavy atom. The first-order valence-corrected chi connectivity index (χ1v) is 7.89. The van der Waals surface area contributed by atoms with Crippen LogP contribution < -0.4 is 9.84 Å². The van der Waals surface area contributed by atoms with Crippen molar-refractivity contribution in [3.05, 3.63) is 29.3 Å². The van der Waals surface area contributed by atoms with E-state index in [9.17, 15) is 14.7 Å². The van der Waals surface area contributed by atoms with Crippen molar-refractivity contribution in [1.82, 2.24) is 4.90 Å². The molecule has 0 N–H and O–H groups in total. The van der Waals surface area contributed by atoms with Crippen molar-refractivity contribution in [3.8, 4) is 5.75 Å². The highest BCUT2D eigenvalue weighted by Gasteiger charge is 2.40. The maximum absolute atomic E-state index is 12.5. The molecule has 0 unspecified atom stereocenters. The van der Waals surface area contributed by atoms with Crippen LogP contribution in [0.3, 0.4) is 0 Å². The molecule has 1 saturated heterocycles. The van der Waals surface area contributed by atoms with E-state index >= 15 is 0 Å². The van der Waals surface area contributed by atoms with Gasteiger partial charge in [-0.15, -0.1) is 11.8 Å². The third kappa shape index (κ3) is 3.63. The number of benzene rings is 1. The predicted octanol–water partition coefficient (Wildman–Crippen LogP) is 1.15. The summed E-state index contributed by atoms with van der Waals surface area (Å²) in [6.07, 6.45) is 0. The highest BCUT2D eigenvalue weighted by atomic mass is 35.5. The summed E-state index contributed by atoms with van der Waals surface area (Å²) in [6.45, 7) is 3.22. The molecule has 1 aromatic carbocycles. The Hall–Kier alpha value is -1.40. The molecule has 0 aromatic heterocycles. The monoisotopic (exact) mass is 328 g/mol. The standard InChI is InChI=1S/C14H16ClNO4S/c1-14(2,20-10-5-3-9(15)4-6-10)13(19)16-8-21-7-11(16)12(17)18/h3-6,11H,7-8H2,1-2H3,(H,17,18)/p-1/t11-/m0/s1. The molecule has 2 rings (SSSR count). The second-order valence-electron chi connectivity index (χ2n) is 5.18. The van der Waals surface area contributed by atoms with Gasteiger partial charge in [0.05, 0.1) is 17.9 Å². The van der Waals surface area contributed by atoms with E-state index in [0.29, 0.717) is 22.4 Å². The second-order valence-corrected chi connectivity index (χ2v) is 6.61. The first-order valence-electron chi connectivity index (χ1n) is 6.35. The Morgan fingerprint density at radius 1 is 1.38 bits per heavy atom. The van der Waals surface area contributed by atoms with Gasteiger partial charge < -0.3 is 19.5 Å². The van der Waals surface area contributed by atoms with Crippen molar-refractivity contribution in [2.75, 3.05) is 11.6 Å². The SMILES string of the molecule is CC(C)(Oc1ccc(Cl)cc1)C(=O)N1CSC[C@H]1C(=O)[O-]. The number of hydrogen-bond acceptors (Lipinski definition) is 5. The Labute approximate surface area is 132 Å². The number of aliphatic carboxylic acids is 1. The molecule has 7 heteroatoms. The van der Waals surface area contributed by atoms with Gasteiger partial charge in [0, 0.05) is 10.8 Å². The summed E-state index contributed by atoms with van der Waals surface area (Å²) in [6, 6.07) is 5.73. The molecule has 1 aromatic rings. The highest BCUT2D eigenvalue weighted by Crippen LogP contribution is 2.27. The lowest BCUT2D eigenvalue weighted by Gasteiger charge is -2.33. The molecule has 0 bridgehead atoms. The highest BCUT2D eigenvalue weighted by molar-refractivity contribution is 7.99. The van der Waals surface area contributed by atoms with E-state index in [4.69, 9.17) is 16.3 Å². The minimum absolute atomic E-state index is 0.324. The maximum atomic E-state index is 12.5. The van der Waals surface area contributed by atoms with E-state index in [2.05, 4.69) is 0 Å². The second kappa shape index (κ2) is 6.15. The number of hydrogen-bond donors (Lipinski definition) is 0. The van der Waals surface area contributed by atoms with Crippen molar-refractivity contribution in [2.24, 2.45) is 0 Å². The van der Waals surface area contributed by atoms with Crippen molar-refractivity contribution in [1.29, 1.82) is 0 Å². The molecule has 0 saturated carbocycles. The number of thioether (sulfide) groups is 1. The summed E-state index contributed by atoms with van der Waals surface area (Å²) in [4.78, 5) is 24.9. The first-order chi connectivity index (χ1) is 9.81. The van der Waals surface area contributed by atoms with E-state index < -0.39 is 17.6 Å². The molecule has 1 amide bonds. The van der Waals surface area contributed by atoms with Gasteiger partial charge in [0.2, 0.25) is 0 Å². The summed E-state index contributed by atoms with van der Waals surface area (Å²) in [5, 5.41) is 11.6. The van der Waals surface area contributed by atoms with Gasteiger partial charge in [-0.05, 0) is 38.1 Å². The Bertz CT molecular complexity index is 546. The number of carbonyl (C=O) groups excluding carboxylic acids is 2. The van der Waals surface area contributed by atoms with E-state index in [0.717, 1.165) is 0 Å². The van der Waals surface area contributed by atoms with Gasteiger partial charge in [0.1, 0.15) is 5.75 Å². The van der Waals surface area contributed by atoms with Crippen LogP contribution in [0.15, 0.2) is 24.3 Å². The number of ether oxygens (including phenoxy) is 1. The van der Waals surface area contributed by atoms with Crippen LogP contribution in [0.5, 0.6) is 5.75 Å². The molecule has 5 nitrogen and oxygen atoms in total. The minimum Gasteiger partial charge on any atom is -0.548 e. The van der Waals surface area contributed by atoms with Crippen LogP contribution in [0.4, 0.5) is 0 Å². The fraction of sp³-hybridized carbons (Fsp3) is 0.429. The smallest absolute Gasteiger partial charge is 0.267 e. The average molecular weight is 329 g/mol. The molecular weight excluding hydrogens is 314 g/mol. The van der Waals surface area contributed by atoms with Crippen LogP contribution in [-0.4, -0.2) is 40.0 Å². The third-order valence-corrected chi connectivity index (χ3v) is 4.38. The van der Waals surface area contributed by atoms with Crippen LogP contribution in [0.2, 0.25) is 5.02 Å². The summed E-state index contributed by atoms with van der Waals surface area (Å²) in [5.41, 5.74) is -1.17. The molecule has 0 spiro atoms. The zero-order chi connectivity index (χ0) is 15.6. The number of halogens is 1. The van der Waals surface area contributed by atoms with E-state index in [1.807, 2.05) is 0 Å². The number of carboxylic acids is 1. The Kier molecular flexibility index (Phi) is 4.68. The van der Waals surface area contributed by atoms with Crippen molar-refractivity contribution >= 4 is 35.2 Å². The zero-order valence-corrected chi connectivity index (χ0v) is 13.2. The largest absolute Gasteiger partial charge is 0.548 e. The fourth-order valence-electron chi connectivity index (χ4n) is 2.02. The molecule has 21 heavy (non-hydrogen) atoms. The normalized spacial score (nSPS) is 18.6. The topological polar surface area (TPSA) is 69.7 Å². The first kappa shape index (κ1) is 16.0. The van der Waals surface area contributed by atoms with Gasteiger partial charge in [-0.1, -0.05) is 11.6 Å². The number of amides is 1. The summed E-state index contributed by atoms with van der Waals surface area (Å²) in [5.74, 6) is -0.461. The zero-order valence-electron chi connectivity index (χ0n) is 11.7. The molecule has 0 aliphatic carbocycles. The molecule has 0 radical (unpaired) electrons. The lowest BCUT2D eigenvalue weighted by atomic mass is 10.1. The van der Waals surface area contributed by atoms with Crippen molar-refractivity contribution in [3.63, 3.8) is 0 Å². The summed E-state index contributed by atoms with van der Waals surface area (Å²) in [7, 11) is 0. The van der Waals surface area contributed by atoms with Crippen LogP contribution in [-0.2, 0) is 9.59 Å². The van der Waals surface area contributed by atoms with Gasteiger partial charge >= 0.3 is 0 Å². The molecule has 1 fully saturated rings. The van der Waals surface area contributed by atoms with E-state index in [1.165, 1.54) is 16.7 Å². The van der Waals surface area contributed by atoms with Gasteiger partial charge in [-0.3, -0.25) is 4.79 Å². The predicted molar refractivity (Wildman–Crippen MR) is 79.1 cm³/mol. The van der Waals surface area contributed by atoms with Gasteiger partial charge in [-0.2, -0.15) is 0 Å². The van der Waals surface area contributed by atoms with Crippen LogP contribution in [0.1, 0.15) is 13.8 Å². The van der Waals surface area contributed by atoms with Crippen LogP contribution in [0, 0.1) is 0 Å². The lowest BCUT2D eigenvalue weighted by Crippen LogP contribution is -2.55. The summed E-state index contributed by atoms with van der Waals surface area (Å²) < 4.78 is 5.69. The van der Waals surface area contributed by atoms with E-state index in [-0.39, 0.29) is 5.91 Å². The maximum Gasteiger partial charge on any atom is 0.267 e. The average Bonchev–Trinajstić information content (AvgIpc) is 2.89. The fourth-order valence-corrected chi connectivity index (χ4v) is 3.29. The number of nitrogens with zero attached hydrogens (tertiary/aromatic N) is 1. The number of carboxylic acid groups (broad SMARTS) is 1. The number of rotatable bonds is 4. The van der Waals surface area contributed by atoms with Crippen molar-refractivity contribution in [2.45, 2.75) is 25.5 Å². The van der Waals surface area contributed by atoms with Crippen LogP contribution in [0.25, 0.3) is 0 Å². The summed E-state index contributed by atoms with van der Waals surface area (Å²) >= 11 is 7.18. The molecule has 1 atom stereocenters. The minimum atomic E-state index is -1.24. The third-order valence-electron chi connectivity index (χ3n) is 3.12. The molecule has 1 heterocycles. The number of carbonyl (C=O) groups is 2. The van der Waals surface area contributed by atoms with Crippen molar-refractivity contribution < 1.29 is 19.4 Å².